The second-order valence-electron chi connectivity index (χ2n) is 8.89. The van der Waals surface area contributed by atoms with Gasteiger partial charge in [-0.3, -0.25) is 4.90 Å². The summed E-state index contributed by atoms with van der Waals surface area (Å²) in [7, 11) is 0. The van der Waals surface area contributed by atoms with Gasteiger partial charge >= 0.3 is 0 Å². The van der Waals surface area contributed by atoms with Crippen molar-refractivity contribution in [1.29, 1.82) is 0 Å². The minimum atomic E-state index is 0.147. The molecule has 1 fully saturated rings. The van der Waals surface area contributed by atoms with Crippen LogP contribution in [-0.2, 0) is 4.74 Å². The number of nitrogens with zero attached hydrogens (tertiary/aromatic N) is 4. The summed E-state index contributed by atoms with van der Waals surface area (Å²) < 4.78 is 13.3. The molecule has 1 atom stereocenters. The molecule has 1 aliphatic rings. The van der Waals surface area contributed by atoms with E-state index in [0.717, 1.165) is 54.5 Å². The third-order valence-electron chi connectivity index (χ3n) is 6.16. The summed E-state index contributed by atoms with van der Waals surface area (Å²) in [4.78, 5) is 11.8. The second kappa shape index (κ2) is 9.83. The molecule has 7 nitrogen and oxygen atoms in total. The summed E-state index contributed by atoms with van der Waals surface area (Å²) in [6.45, 7) is 9.87. The fraction of sp³-hybridized carbons (Fsp3) is 0.333. The SMILES string of the molecule is CC(C)Oc1ccc(Nc2ncc3ccn(-c4ccc(C(C)N5CCOCC5)cc4)c3n2)cc1. The number of benzene rings is 2. The average Bonchev–Trinajstić information content (AvgIpc) is 3.28. The van der Waals surface area contributed by atoms with Crippen LogP contribution in [0, 0.1) is 0 Å². The Morgan fingerprint density at radius 2 is 1.68 bits per heavy atom. The molecular weight excluding hydrogens is 426 g/mol. The Bertz CT molecular complexity index is 1230. The summed E-state index contributed by atoms with van der Waals surface area (Å²) in [6, 6.07) is 19.0. The van der Waals surface area contributed by atoms with Crippen molar-refractivity contribution >= 4 is 22.7 Å². The van der Waals surface area contributed by atoms with Gasteiger partial charge in [-0.05, 0) is 68.8 Å². The van der Waals surface area contributed by atoms with E-state index in [9.17, 15) is 0 Å². The van der Waals surface area contributed by atoms with Crippen LogP contribution in [-0.4, -0.2) is 51.8 Å². The Hall–Kier alpha value is -3.42. The number of nitrogens with one attached hydrogen (secondary N) is 1. The van der Waals surface area contributed by atoms with Crippen LogP contribution in [0.25, 0.3) is 16.7 Å². The maximum atomic E-state index is 5.72. The summed E-state index contributed by atoms with van der Waals surface area (Å²) in [6.07, 6.45) is 4.04. The van der Waals surface area contributed by atoms with Crippen molar-refractivity contribution in [3.63, 3.8) is 0 Å². The number of hydrogen-bond donors (Lipinski definition) is 1. The van der Waals surface area contributed by atoms with Gasteiger partial charge in [0.2, 0.25) is 5.95 Å². The fourth-order valence-corrected chi connectivity index (χ4v) is 4.29. The number of morpholine rings is 1. The Kier molecular flexibility index (Phi) is 6.47. The number of aromatic nitrogens is 3. The minimum Gasteiger partial charge on any atom is -0.491 e. The lowest BCUT2D eigenvalue weighted by molar-refractivity contribution is 0.0198. The first-order chi connectivity index (χ1) is 16.6. The lowest BCUT2D eigenvalue weighted by Crippen LogP contribution is -2.37. The van der Waals surface area contributed by atoms with Gasteiger partial charge < -0.3 is 19.4 Å². The number of ether oxygens (including phenoxy) is 2. The zero-order valence-corrected chi connectivity index (χ0v) is 19.9. The average molecular weight is 458 g/mol. The van der Waals surface area contributed by atoms with Gasteiger partial charge in [-0.1, -0.05) is 12.1 Å². The number of rotatable bonds is 7. The van der Waals surface area contributed by atoms with E-state index in [4.69, 9.17) is 14.5 Å². The third-order valence-corrected chi connectivity index (χ3v) is 6.16. The molecule has 0 spiro atoms. The number of anilines is 2. The molecule has 7 heteroatoms. The maximum absolute atomic E-state index is 5.72. The molecule has 2 aromatic heterocycles. The molecule has 34 heavy (non-hydrogen) atoms. The molecule has 0 radical (unpaired) electrons. The van der Waals surface area contributed by atoms with Crippen LogP contribution in [0.15, 0.2) is 67.0 Å². The van der Waals surface area contributed by atoms with E-state index >= 15 is 0 Å². The van der Waals surface area contributed by atoms with Crippen molar-refractivity contribution in [2.24, 2.45) is 0 Å². The van der Waals surface area contributed by atoms with Gasteiger partial charge in [-0.25, -0.2) is 4.98 Å². The van der Waals surface area contributed by atoms with Crippen molar-refractivity contribution in [3.05, 3.63) is 72.6 Å². The highest BCUT2D eigenvalue weighted by molar-refractivity contribution is 5.78. The smallest absolute Gasteiger partial charge is 0.229 e. The van der Waals surface area contributed by atoms with E-state index in [1.807, 2.05) is 56.6 Å². The number of hydrogen-bond acceptors (Lipinski definition) is 6. The van der Waals surface area contributed by atoms with Crippen molar-refractivity contribution in [2.75, 3.05) is 31.6 Å². The fourth-order valence-electron chi connectivity index (χ4n) is 4.29. The zero-order chi connectivity index (χ0) is 23.5. The molecule has 0 saturated carbocycles. The molecule has 5 rings (SSSR count). The normalized spacial score (nSPS) is 15.5. The Balaban J connectivity index is 1.34. The van der Waals surface area contributed by atoms with E-state index in [2.05, 4.69) is 51.0 Å². The van der Waals surface area contributed by atoms with Crippen LogP contribution in [0.2, 0.25) is 0 Å². The third kappa shape index (κ3) is 4.90. The van der Waals surface area contributed by atoms with E-state index in [-0.39, 0.29) is 6.10 Å². The van der Waals surface area contributed by atoms with Crippen molar-refractivity contribution in [1.82, 2.24) is 19.4 Å². The predicted octanol–water partition coefficient (Wildman–Crippen LogP) is 5.34. The molecule has 0 bridgehead atoms. The van der Waals surface area contributed by atoms with E-state index < -0.39 is 0 Å². The first kappa shape index (κ1) is 22.4. The van der Waals surface area contributed by atoms with E-state index in [1.54, 1.807) is 0 Å². The Labute approximate surface area is 200 Å². The van der Waals surface area contributed by atoms with E-state index in [1.165, 1.54) is 5.56 Å². The van der Waals surface area contributed by atoms with Gasteiger partial charge in [0.25, 0.3) is 0 Å². The minimum absolute atomic E-state index is 0.147. The molecule has 2 aromatic carbocycles. The van der Waals surface area contributed by atoms with Crippen LogP contribution in [0.1, 0.15) is 32.4 Å². The van der Waals surface area contributed by atoms with Gasteiger partial charge in [-0.2, -0.15) is 4.98 Å². The summed E-state index contributed by atoms with van der Waals surface area (Å²) >= 11 is 0. The quantitative estimate of drug-likeness (QED) is 0.404. The summed E-state index contributed by atoms with van der Waals surface area (Å²) in [5.41, 5.74) is 4.16. The molecule has 3 heterocycles. The van der Waals surface area contributed by atoms with Gasteiger partial charge in [0, 0.05) is 48.3 Å². The van der Waals surface area contributed by atoms with Crippen LogP contribution >= 0.6 is 0 Å². The number of fused-ring (bicyclic) bond motifs is 1. The second-order valence-corrected chi connectivity index (χ2v) is 8.89. The highest BCUT2D eigenvalue weighted by Gasteiger charge is 2.18. The van der Waals surface area contributed by atoms with Gasteiger partial charge in [0.05, 0.1) is 19.3 Å². The monoisotopic (exact) mass is 457 g/mol. The summed E-state index contributed by atoms with van der Waals surface area (Å²) in [5.74, 6) is 1.40. The molecule has 1 saturated heterocycles. The lowest BCUT2D eigenvalue weighted by Gasteiger charge is -2.32. The molecular formula is C27H31N5O2. The molecule has 1 N–H and O–H groups in total. The van der Waals surface area contributed by atoms with Crippen LogP contribution < -0.4 is 10.1 Å². The van der Waals surface area contributed by atoms with Crippen LogP contribution in [0.3, 0.4) is 0 Å². The van der Waals surface area contributed by atoms with Crippen molar-refractivity contribution in [2.45, 2.75) is 32.9 Å². The zero-order valence-electron chi connectivity index (χ0n) is 19.9. The highest BCUT2D eigenvalue weighted by Crippen LogP contribution is 2.25. The van der Waals surface area contributed by atoms with Crippen LogP contribution in [0.5, 0.6) is 5.75 Å². The Morgan fingerprint density at radius 3 is 2.38 bits per heavy atom. The molecule has 0 aliphatic carbocycles. The molecule has 0 amide bonds. The lowest BCUT2D eigenvalue weighted by atomic mass is 10.1. The van der Waals surface area contributed by atoms with E-state index in [0.29, 0.717) is 12.0 Å². The van der Waals surface area contributed by atoms with Crippen molar-refractivity contribution < 1.29 is 9.47 Å². The molecule has 1 unspecified atom stereocenters. The standard InChI is InChI=1S/C27H31N5O2/c1-19(2)34-25-10-6-23(7-11-25)29-27-28-18-22-12-13-32(26(22)30-27)24-8-4-21(5-9-24)20(3)31-14-16-33-17-15-31/h4-13,18-20H,14-17H2,1-3H3,(H,28,29,30). The molecule has 4 aromatic rings. The van der Waals surface area contributed by atoms with Gasteiger partial charge in [0.1, 0.15) is 11.4 Å². The van der Waals surface area contributed by atoms with Crippen molar-refractivity contribution in [3.8, 4) is 11.4 Å². The predicted molar refractivity (Wildman–Crippen MR) is 135 cm³/mol. The van der Waals surface area contributed by atoms with Gasteiger partial charge in [0.15, 0.2) is 0 Å². The maximum Gasteiger partial charge on any atom is 0.229 e. The first-order valence-corrected chi connectivity index (χ1v) is 11.9. The highest BCUT2D eigenvalue weighted by atomic mass is 16.5. The summed E-state index contributed by atoms with van der Waals surface area (Å²) in [5, 5.41) is 4.30. The molecule has 176 valence electrons. The first-order valence-electron chi connectivity index (χ1n) is 11.9. The topological polar surface area (TPSA) is 64.4 Å². The molecule has 1 aliphatic heterocycles. The van der Waals surface area contributed by atoms with Crippen LogP contribution in [0.4, 0.5) is 11.6 Å². The van der Waals surface area contributed by atoms with Gasteiger partial charge in [-0.15, -0.1) is 0 Å². The largest absolute Gasteiger partial charge is 0.491 e. The Morgan fingerprint density at radius 1 is 0.941 bits per heavy atom.